The Labute approximate surface area is 232 Å². The van der Waals surface area contributed by atoms with Gasteiger partial charge in [-0.25, -0.2) is 0 Å². The van der Waals surface area contributed by atoms with Crippen LogP contribution in [0, 0.1) is 0 Å². The van der Waals surface area contributed by atoms with Gasteiger partial charge >= 0.3 is 6.18 Å². The third-order valence-corrected chi connectivity index (χ3v) is 6.80. The van der Waals surface area contributed by atoms with E-state index in [4.69, 9.17) is 4.74 Å². The van der Waals surface area contributed by atoms with Crippen molar-refractivity contribution in [3.8, 4) is 22.6 Å². The fourth-order valence-corrected chi connectivity index (χ4v) is 4.84. The summed E-state index contributed by atoms with van der Waals surface area (Å²) in [6.07, 6.45) is -4.62. The Kier molecular flexibility index (Phi) is 8.16. The Morgan fingerprint density at radius 1 is 0.825 bits per heavy atom. The summed E-state index contributed by atoms with van der Waals surface area (Å²) in [7, 11) is 0. The highest BCUT2D eigenvalue weighted by molar-refractivity contribution is 7.99. The lowest BCUT2D eigenvalue weighted by Crippen LogP contribution is -2.16. The second-order valence-corrected chi connectivity index (χ2v) is 9.55. The quantitative estimate of drug-likeness (QED) is 0.192. The van der Waals surface area contributed by atoms with Gasteiger partial charge in [0, 0.05) is 11.3 Å². The number of halogens is 3. The highest BCUT2D eigenvalue weighted by Crippen LogP contribution is 2.36. The summed E-state index contributed by atoms with van der Waals surface area (Å²) in [4.78, 5) is 12.6. The third-order valence-electron chi connectivity index (χ3n) is 5.87. The number of rotatable bonds is 9. The topological polar surface area (TPSA) is 69.0 Å². The van der Waals surface area contributed by atoms with E-state index in [1.807, 2.05) is 54.6 Å². The lowest BCUT2D eigenvalue weighted by atomic mass is 10.1. The summed E-state index contributed by atoms with van der Waals surface area (Å²) in [5, 5.41) is 11.2. The zero-order chi connectivity index (χ0) is 28.0. The Hall–Kier alpha value is -4.57. The number of ether oxygens (including phenoxy) is 1. The van der Waals surface area contributed by atoms with Gasteiger partial charge in [0.25, 0.3) is 0 Å². The molecule has 0 spiro atoms. The molecule has 40 heavy (non-hydrogen) atoms. The van der Waals surface area contributed by atoms with E-state index in [1.54, 1.807) is 30.3 Å². The number of aromatic nitrogens is 3. The minimum Gasteiger partial charge on any atom is -0.485 e. The number of hydrogen-bond donors (Lipinski definition) is 1. The van der Waals surface area contributed by atoms with Crippen LogP contribution < -0.4 is 10.1 Å². The van der Waals surface area contributed by atoms with Gasteiger partial charge in [-0.1, -0.05) is 90.6 Å². The molecule has 0 aliphatic heterocycles. The Morgan fingerprint density at radius 3 is 2.23 bits per heavy atom. The van der Waals surface area contributed by atoms with Gasteiger partial charge in [0.05, 0.1) is 17.0 Å². The predicted octanol–water partition coefficient (Wildman–Crippen LogP) is 7.26. The zero-order valence-electron chi connectivity index (χ0n) is 21.0. The third kappa shape index (κ3) is 6.35. The molecule has 5 rings (SSSR count). The molecule has 202 valence electrons. The summed E-state index contributed by atoms with van der Waals surface area (Å²) in [5.74, 6) is 0.289. The van der Waals surface area contributed by atoms with E-state index in [2.05, 4.69) is 15.5 Å². The molecular weight excluding hydrogens is 537 g/mol. The van der Waals surface area contributed by atoms with Gasteiger partial charge in [-0.2, -0.15) is 13.2 Å². The number of hydrogen-bond acceptors (Lipinski definition) is 5. The van der Waals surface area contributed by atoms with Crippen LogP contribution in [0.1, 0.15) is 11.4 Å². The molecule has 10 heteroatoms. The maximum absolute atomic E-state index is 14.0. The summed E-state index contributed by atoms with van der Waals surface area (Å²) in [6.45, 7) is -0.153. The first-order valence-corrected chi connectivity index (χ1v) is 13.2. The highest BCUT2D eigenvalue weighted by Gasteiger charge is 2.35. The first-order valence-electron chi connectivity index (χ1n) is 12.3. The lowest BCUT2D eigenvalue weighted by molar-refractivity contribution is -0.137. The Morgan fingerprint density at radius 2 is 1.48 bits per heavy atom. The number of nitrogens with one attached hydrogen (secondary N) is 1. The van der Waals surface area contributed by atoms with E-state index < -0.39 is 11.7 Å². The summed E-state index contributed by atoms with van der Waals surface area (Å²) >= 11 is 0.985. The number of amides is 1. The van der Waals surface area contributed by atoms with Gasteiger partial charge in [-0.15, -0.1) is 10.2 Å². The molecule has 0 saturated carbocycles. The van der Waals surface area contributed by atoms with Gasteiger partial charge in [-0.3, -0.25) is 9.36 Å². The molecule has 1 aromatic heterocycles. The lowest BCUT2D eigenvalue weighted by Gasteiger charge is -2.17. The van der Waals surface area contributed by atoms with Crippen molar-refractivity contribution in [1.82, 2.24) is 14.8 Å². The molecule has 0 fully saturated rings. The molecule has 1 N–H and O–H groups in total. The van der Waals surface area contributed by atoms with Crippen LogP contribution in [0.3, 0.4) is 0 Å². The Balaban J connectivity index is 1.45. The second kappa shape index (κ2) is 12.1. The molecule has 0 atom stereocenters. The standard InChI is InChI=1S/C30H23F3N4O2S/c31-30(32,33)24-16-8-9-17-25(24)37-27(19-39-26-18-10-7-15-23(26)21-11-3-1-4-12-21)35-36-29(37)40-20-28(38)34-22-13-5-2-6-14-22/h1-18H,19-20H2,(H,34,38). The zero-order valence-corrected chi connectivity index (χ0v) is 21.8. The molecule has 0 radical (unpaired) electrons. The maximum atomic E-state index is 14.0. The average molecular weight is 561 g/mol. The van der Waals surface area contributed by atoms with Crippen LogP contribution in [-0.2, 0) is 17.6 Å². The van der Waals surface area contributed by atoms with Crippen LogP contribution in [0.4, 0.5) is 18.9 Å². The van der Waals surface area contributed by atoms with E-state index in [-0.39, 0.29) is 34.9 Å². The van der Waals surface area contributed by atoms with Crippen molar-refractivity contribution in [1.29, 1.82) is 0 Å². The second-order valence-electron chi connectivity index (χ2n) is 8.60. The fourth-order valence-electron chi connectivity index (χ4n) is 4.08. The summed E-state index contributed by atoms with van der Waals surface area (Å²) in [5.41, 5.74) is 1.38. The van der Waals surface area contributed by atoms with Crippen LogP contribution in [0.15, 0.2) is 114 Å². The molecule has 0 aliphatic carbocycles. The maximum Gasteiger partial charge on any atom is 0.418 e. The molecule has 0 aliphatic rings. The Bertz CT molecular complexity index is 1590. The van der Waals surface area contributed by atoms with E-state index in [9.17, 15) is 18.0 Å². The number of anilines is 1. The first kappa shape index (κ1) is 27.0. The number of thioether (sulfide) groups is 1. The first-order chi connectivity index (χ1) is 19.4. The van der Waals surface area contributed by atoms with Crippen molar-refractivity contribution in [2.24, 2.45) is 0 Å². The van der Waals surface area contributed by atoms with Gasteiger partial charge in [0.15, 0.2) is 11.0 Å². The number of carbonyl (C=O) groups excluding carboxylic acids is 1. The molecule has 0 saturated heterocycles. The molecule has 1 heterocycles. The van der Waals surface area contributed by atoms with Crippen molar-refractivity contribution >= 4 is 23.4 Å². The molecule has 0 bridgehead atoms. The summed E-state index contributed by atoms with van der Waals surface area (Å²) in [6, 6.07) is 31.1. The monoisotopic (exact) mass is 560 g/mol. The molecule has 5 aromatic rings. The van der Waals surface area contributed by atoms with Gasteiger partial charge < -0.3 is 10.1 Å². The normalized spacial score (nSPS) is 11.3. The number of para-hydroxylation sites is 3. The van der Waals surface area contributed by atoms with Crippen LogP contribution in [0.25, 0.3) is 16.8 Å². The fraction of sp³-hybridized carbons (Fsp3) is 0.100. The van der Waals surface area contributed by atoms with Crippen LogP contribution >= 0.6 is 11.8 Å². The highest BCUT2D eigenvalue weighted by atomic mass is 32.2. The molecule has 1 amide bonds. The number of alkyl halides is 3. The van der Waals surface area contributed by atoms with Crippen molar-refractivity contribution < 1.29 is 22.7 Å². The number of carbonyl (C=O) groups is 1. The van der Waals surface area contributed by atoms with Gasteiger partial charge in [0.1, 0.15) is 12.4 Å². The summed E-state index contributed by atoms with van der Waals surface area (Å²) < 4.78 is 49.4. The smallest absolute Gasteiger partial charge is 0.418 e. The van der Waals surface area contributed by atoms with Crippen LogP contribution in [0.5, 0.6) is 5.75 Å². The molecule has 0 unspecified atom stereocenters. The van der Waals surface area contributed by atoms with E-state index in [0.29, 0.717) is 11.4 Å². The SMILES string of the molecule is O=C(CSc1nnc(COc2ccccc2-c2ccccc2)n1-c1ccccc1C(F)(F)F)Nc1ccccc1. The van der Waals surface area contributed by atoms with Crippen LogP contribution in [0.2, 0.25) is 0 Å². The van der Waals surface area contributed by atoms with Crippen molar-refractivity contribution in [2.45, 2.75) is 17.9 Å². The molecule has 6 nitrogen and oxygen atoms in total. The number of benzene rings is 4. The van der Waals surface area contributed by atoms with E-state index >= 15 is 0 Å². The van der Waals surface area contributed by atoms with E-state index in [1.165, 1.54) is 22.8 Å². The molecular formula is C30H23F3N4O2S. The van der Waals surface area contributed by atoms with Crippen molar-refractivity contribution in [3.05, 3.63) is 121 Å². The van der Waals surface area contributed by atoms with E-state index in [0.717, 1.165) is 29.0 Å². The number of nitrogens with zero attached hydrogens (tertiary/aromatic N) is 3. The minimum absolute atomic E-state index is 0.0844. The molecule has 4 aromatic carbocycles. The largest absolute Gasteiger partial charge is 0.485 e. The average Bonchev–Trinajstić information content (AvgIpc) is 3.38. The predicted molar refractivity (Wildman–Crippen MR) is 148 cm³/mol. The van der Waals surface area contributed by atoms with Crippen molar-refractivity contribution in [3.63, 3.8) is 0 Å². The van der Waals surface area contributed by atoms with Crippen molar-refractivity contribution in [2.75, 3.05) is 11.1 Å². The minimum atomic E-state index is -4.62. The van der Waals surface area contributed by atoms with Gasteiger partial charge in [-0.05, 0) is 35.9 Å². The van der Waals surface area contributed by atoms with Gasteiger partial charge in [0.2, 0.25) is 5.91 Å². The van der Waals surface area contributed by atoms with Crippen LogP contribution in [-0.4, -0.2) is 26.4 Å².